The van der Waals surface area contributed by atoms with Crippen LogP contribution in [0.4, 0.5) is 5.82 Å². The van der Waals surface area contributed by atoms with Crippen molar-refractivity contribution in [2.45, 2.75) is 39.5 Å². The number of nitrogens with zero attached hydrogens (tertiary/aromatic N) is 4. The first-order valence-corrected chi connectivity index (χ1v) is 11.8. The third-order valence-electron chi connectivity index (χ3n) is 4.96. The lowest BCUT2D eigenvalue weighted by Gasteiger charge is -2.24. The molecule has 1 aliphatic heterocycles. The molecule has 1 aliphatic rings. The maximum atomic E-state index is 13.4. The lowest BCUT2D eigenvalue weighted by atomic mass is 10.2. The highest BCUT2D eigenvalue weighted by molar-refractivity contribution is 8.26. The van der Waals surface area contributed by atoms with Crippen molar-refractivity contribution in [3.05, 3.63) is 45.2 Å². The van der Waals surface area contributed by atoms with Crippen LogP contribution < -0.4 is 10.5 Å². The Balaban J connectivity index is 2.06. The summed E-state index contributed by atoms with van der Waals surface area (Å²) in [5, 5.41) is 8.85. The first-order valence-electron chi connectivity index (χ1n) is 10.6. The van der Waals surface area contributed by atoms with Crippen molar-refractivity contribution < 1.29 is 14.7 Å². The van der Waals surface area contributed by atoms with E-state index >= 15 is 0 Å². The molecule has 3 rings (SSSR count). The number of aromatic nitrogens is 2. The van der Waals surface area contributed by atoms with Gasteiger partial charge in [-0.25, -0.2) is 4.98 Å². The number of carboxylic acids is 1. The molecule has 0 spiro atoms. The predicted octanol–water partition coefficient (Wildman–Crippen LogP) is 3.39. The lowest BCUT2D eigenvalue weighted by molar-refractivity contribution is -0.137. The Labute approximate surface area is 195 Å². The smallest absolute Gasteiger partial charge is 0.303 e. The van der Waals surface area contributed by atoms with E-state index in [1.807, 2.05) is 6.07 Å². The second-order valence-corrected chi connectivity index (χ2v) is 9.08. The van der Waals surface area contributed by atoms with E-state index in [4.69, 9.17) is 22.3 Å². The highest BCUT2D eigenvalue weighted by atomic mass is 32.2. The normalized spacial score (nSPS) is 15.2. The number of rotatable bonds is 10. The van der Waals surface area contributed by atoms with E-state index in [9.17, 15) is 14.4 Å². The fraction of sp³-hybridized carbons (Fsp3) is 0.409. The van der Waals surface area contributed by atoms with Gasteiger partial charge in [-0.3, -0.25) is 23.7 Å². The molecular weight excluding hydrogens is 448 g/mol. The van der Waals surface area contributed by atoms with Crippen LogP contribution in [0, 0.1) is 0 Å². The number of thioether (sulfide) groups is 1. The van der Waals surface area contributed by atoms with Crippen molar-refractivity contribution in [3.63, 3.8) is 0 Å². The molecule has 0 aromatic carbocycles. The summed E-state index contributed by atoms with van der Waals surface area (Å²) >= 11 is 6.46. The Morgan fingerprint density at radius 2 is 1.97 bits per heavy atom. The van der Waals surface area contributed by atoms with Crippen molar-refractivity contribution in [3.8, 4) is 0 Å². The summed E-state index contributed by atoms with van der Waals surface area (Å²) in [6, 6.07) is 5.38. The number of fused-ring (bicyclic) bond motifs is 1. The molecule has 1 fully saturated rings. The summed E-state index contributed by atoms with van der Waals surface area (Å²) in [7, 11) is 0. The molecule has 0 atom stereocenters. The first-order chi connectivity index (χ1) is 15.4. The van der Waals surface area contributed by atoms with Gasteiger partial charge in [0.05, 0.1) is 10.5 Å². The zero-order chi connectivity index (χ0) is 23.3. The molecule has 1 N–H and O–H groups in total. The number of anilines is 1. The molecule has 0 radical (unpaired) electrons. The number of carbonyl (C=O) groups is 2. The van der Waals surface area contributed by atoms with E-state index < -0.39 is 5.97 Å². The molecule has 0 unspecified atom stereocenters. The molecule has 10 heteroatoms. The van der Waals surface area contributed by atoms with E-state index in [2.05, 4.69) is 18.7 Å². The number of aliphatic carboxylic acids is 1. The fourth-order valence-electron chi connectivity index (χ4n) is 3.53. The highest BCUT2D eigenvalue weighted by Gasteiger charge is 2.32. The van der Waals surface area contributed by atoms with E-state index in [0.29, 0.717) is 32.7 Å². The predicted molar refractivity (Wildman–Crippen MR) is 131 cm³/mol. The van der Waals surface area contributed by atoms with E-state index in [1.54, 1.807) is 24.4 Å². The first kappa shape index (κ1) is 23.9. The Morgan fingerprint density at radius 1 is 1.25 bits per heavy atom. The maximum Gasteiger partial charge on any atom is 0.303 e. The molecule has 170 valence electrons. The molecule has 2 aromatic rings. The average molecular weight is 475 g/mol. The van der Waals surface area contributed by atoms with Crippen molar-refractivity contribution in [2.24, 2.45) is 0 Å². The molecule has 0 bridgehead atoms. The number of carbonyl (C=O) groups excluding carboxylic acids is 1. The number of hydrogen-bond acceptors (Lipinski definition) is 7. The Hall–Kier alpha value is -2.72. The zero-order valence-corrected chi connectivity index (χ0v) is 19.7. The van der Waals surface area contributed by atoms with Crippen LogP contribution in [-0.4, -0.2) is 55.2 Å². The van der Waals surface area contributed by atoms with Gasteiger partial charge in [0.2, 0.25) is 0 Å². The number of pyridine rings is 1. The van der Waals surface area contributed by atoms with Crippen LogP contribution in [0.15, 0.2) is 34.1 Å². The summed E-state index contributed by atoms with van der Waals surface area (Å²) in [5.41, 5.74) is 0.642. The van der Waals surface area contributed by atoms with E-state index in [1.165, 1.54) is 9.30 Å². The van der Waals surface area contributed by atoms with E-state index in [0.717, 1.165) is 37.7 Å². The molecule has 0 aliphatic carbocycles. The standard InChI is InChI=1S/C22H26N4O4S2/c1-3-10-24(11-4-2)19-15(20(29)25-12-6-5-8-17(25)23-19)14-16-21(30)26(22(31)32-16)13-7-9-18(27)28/h5-6,8,12,14H,3-4,7,9-11,13H2,1-2H3,(H,27,28)/b16-14-. The van der Waals surface area contributed by atoms with Crippen LogP contribution in [0.5, 0.6) is 0 Å². The topological polar surface area (TPSA) is 95.2 Å². The lowest BCUT2D eigenvalue weighted by Crippen LogP contribution is -2.31. The van der Waals surface area contributed by atoms with Gasteiger partial charge in [-0.1, -0.05) is 43.9 Å². The van der Waals surface area contributed by atoms with Crippen LogP contribution in [0.2, 0.25) is 0 Å². The monoisotopic (exact) mass is 474 g/mol. The van der Waals surface area contributed by atoms with Crippen LogP contribution >= 0.6 is 24.0 Å². The SMILES string of the molecule is CCCN(CCC)c1nc2ccccn2c(=O)c1/C=C1\SC(=S)N(CCCC(=O)O)C1=O. The van der Waals surface area contributed by atoms with Crippen LogP contribution in [0.1, 0.15) is 45.1 Å². The average Bonchev–Trinajstić information content (AvgIpc) is 3.02. The van der Waals surface area contributed by atoms with Gasteiger partial charge in [0.1, 0.15) is 15.8 Å². The van der Waals surface area contributed by atoms with Gasteiger partial charge in [0, 0.05) is 32.3 Å². The van der Waals surface area contributed by atoms with Gasteiger partial charge < -0.3 is 10.0 Å². The second-order valence-electron chi connectivity index (χ2n) is 7.40. The van der Waals surface area contributed by atoms with Crippen molar-refractivity contribution in [2.75, 3.05) is 24.5 Å². The Kier molecular flexibility index (Phi) is 8.03. The third-order valence-corrected chi connectivity index (χ3v) is 6.33. The second kappa shape index (κ2) is 10.7. The Morgan fingerprint density at radius 3 is 2.62 bits per heavy atom. The number of amides is 1. The van der Waals surface area contributed by atoms with Gasteiger partial charge in [-0.15, -0.1) is 0 Å². The quantitative estimate of drug-likeness (QED) is 0.414. The molecule has 2 aromatic heterocycles. The number of thiocarbonyl (C=S) groups is 1. The van der Waals surface area contributed by atoms with Crippen LogP contribution in [-0.2, 0) is 9.59 Å². The van der Waals surface area contributed by atoms with E-state index in [-0.39, 0.29) is 24.4 Å². The summed E-state index contributed by atoms with van der Waals surface area (Å²) in [4.78, 5) is 45.7. The van der Waals surface area contributed by atoms with Gasteiger partial charge in [-0.2, -0.15) is 0 Å². The molecule has 0 saturated carbocycles. The summed E-state index contributed by atoms with van der Waals surface area (Å²) < 4.78 is 1.83. The minimum absolute atomic E-state index is 0.0425. The molecule has 8 nitrogen and oxygen atoms in total. The largest absolute Gasteiger partial charge is 0.481 e. The minimum Gasteiger partial charge on any atom is -0.481 e. The summed E-state index contributed by atoms with van der Waals surface area (Å²) in [6.07, 6.45) is 5.29. The molecule has 3 heterocycles. The maximum absolute atomic E-state index is 13.4. The minimum atomic E-state index is -0.919. The number of carboxylic acid groups (broad SMARTS) is 1. The highest BCUT2D eigenvalue weighted by Crippen LogP contribution is 2.33. The summed E-state index contributed by atoms with van der Waals surface area (Å²) in [5.74, 6) is -0.676. The van der Waals surface area contributed by atoms with Crippen molar-refractivity contribution in [1.82, 2.24) is 14.3 Å². The molecule has 1 saturated heterocycles. The van der Waals surface area contributed by atoms with Crippen LogP contribution in [0.3, 0.4) is 0 Å². The summed E-state index contributed by atoms with van der Waals surface area (Å²) in [6.45, 7) is 5.84. The van der Waals surface area contributed by atoms with Crippen LogP contribution in [0.25, 0.3) is 11.7 Å². The molecule has 32 heavy (non-hydrogen) atoms. The van der Waals surface area contributed by atoms with Crippen molar-refractivity contribution in [1.29, 1.82) is 0 Å². The Bertz CT molecular complexity index is 1120. The molecular formula is C22H26N4O4S2. The van der Waals surface area contributed by atoms with Gasteiger partial charge in [0.25, 0.3) is 11.5 Å². The van der Waals surface area contributed by atoms with Gasteiger partial charge in [-0.05, 0) is 37.5 Å². The van der Waals surface area contributed by atoms with Crippen molar-refractivity contribution >= 4 is 57.7 Å². The van der Waals surface area contributed by atoms with Gasteiger partial charge >= 0.3 is 5.97 Å². The molecule has 1 amide bonds. The zero-order valence-electron chi connectivity index (χ0n) is 18.1. The van der Waals surface area contributed by atoms with Gasteiger partial charge in [0.15, 0.2) is 0 Å². The third kappa shape index (κ3) is 5.18. The number of hydrogen-bond donors (Lipinski definition) is 1. The fourth-order valence-corrected chi connectivity index (χ4v) is 4.82.